The summed E-state index contributed by atoms with van der Waals surface area (Å²) in [4.78, 5) is 20.6. The Labute approximate surface area is 149 Å². The summed E-state index contributed by atoms with van der Waals surface area (Å²) in [5, 5.41) is 3.02. The number of aryl methyl sites for hydroxylation is 1. The van der Waals surface area contributed by atoms with Crippen LogP contribution < -0.4 is 5.32 Å². The van der Waals surface area contributed by atoms with Crippen LogP contribution in [0.25, 0.3) is 0 Å². The van der Waals surface area contributed by atoms with E-state index in [1.807, 2.05) is 31.2 Å². The van der Waals surface area contributed by atoms with Gasteiger partial charge in [-0.3, -0.25) is 9.88 Å². The predicted octanol–water partition coefficient (Wildman–Crippen LogP) is 3.21. The summed E-state index contributed by atoms with van der Waals surface area (Å²) < 4.78 is 5.57. The van der Waals surface area contributed by atoms with Crippen molar-refractivity contribution in [3.05, 3.63) is 53.7 Å². The minimum Gasteiger partial charge on any atom is -0.468 e. The number of aromatic nitrogens is 1. The molecule has 0 aliphatic heterocycles. The Bertz CT molecular complexity index is 653. The highest BCUT2D eigenvalue weighted by Crippen LogP contribution is 2.20. The summed E-state index contributed by atoms with van der Waals surface area (Å²) in [5.74, 6) is 0.872. The maximum Gasteiger partial charge on any atom is 0.317 e. The van der Waals surface area contributed by atoms with Crippen molar-refractivity contribution in [2.45, 2.75) is 33.4 Å². The van der Waals surface area contributed by atoms with Gasteiger partial charge in [0.05, 0.1) is 12.3 Å². The molecule has 1 unspecified atom stereocenters. The largest absolute Gasteiger partial charge is 0.468 e. The molecule has 0 saturated heterocycles. The zero-order valence-corrected chi connectivity index (χ0v) is 15.5. The Morgan fingerprint density at radius 3 is 2.68 bits per heavy atom. The van der Waals surface area contributed by atoms with Crippen molar-refractivity contribution in [3.8, 4) is 0 Å². The highest BCUT2D eigenvalue weighted by Gasteiger charge is 2.22. The van der Waals surface area contributed by atoms with Crippen LogP contribution in [-0.2, 0) is 6.54 Å². The van der Waals surface area contributed by atoms with Gasteiger partial charge in [0, 0.05) is 32.0 Å². The van der Waals surface area contributed by atoms with Crippen molar-refractivity contribution in [2.24, 2.45) is 0 Å². The minimum atomic E-state index is -0.0989. The number of nitrogens with zero attached hydrogens (tertiary/aromatic N) is 3. The molecule has 2 amide bonds. The van der Waals surface area contributed by atoms with Gasteiger partial charge in [-0.25, -0.2) is 4.79 Å². The molecule has 0 radical (unpaired) electrons. The maximum atomic E-state index is 12.5. The van der Waals surface area contributed by atoms with Crippen molar-refractivity contribution >= 4 is 6.03 Å². The van der Waals surface area contributed by atoms with Crippen LogP contribution in [0.2, 0.25) is 0 Å². The van der Waals surface area contributed by atoms with Crippen LogP contribution in [0, 0.1) is 6.92 Å². The first-order valence-corrected chi connectivity index (χ1v) is 8.73. The van der Waals surface area contributed by atoms with Gasteiger partial charge in [0.25, 0.3) is 0 Å². The van der Waals surface area contributed by atoms with Crippen LogP contribution >= 0.6 is 0 Å². The van der Waals surface area contributed by atoms with Crippen molar-refractivity contribution < 1.29 is 9.21 Å². The third-order valence-corrected chi connectivity index (χ3v) is 4.30. The average molecular weight is 344 g/mol. The van der Waals surface area contributed by atoms with E-state index in [0.717, 1.165) is 30.1 Å². The van der Waals surface area contributed by atoms with Crippen LogP contribution in [0.4, 0.5) is 4.79 Å². The number of hydrogen-bond acceptors (Lipinski definition) is 4. The highest BCUT2D eigenvalue weighted by atomic mass is 16.3. The number of furan rings is 1. The van der Waals surface area contributed by atoms with Gasteiger partial charge in [0.2, 0.25) is 0 Å². The van der Waals surface area contributed by atoms with E-state index in [0.29, 0.717) is 13.1 Å². The molecular formula is C19H28N4O2. The van der Waals surface area contributed by atoms with Gasteiger partial charge in [-0.2, -0.15) is 0 Å². The van der Waals surface area contributed by atoms with Gasteiger partial charge in [-0.15, -0.1) is 0 Å². The van der Waals surface area contributed by atoms with Gasteiger partial charge in [0.15, 0.2) is 0 Å². The smallest absolute Gasteiger partial charge is 0.317 e. The lowest BCUT2D eigenvalue weighted by atomic mass is 10.2. The Morgan fingerprint density at radius 2 is 2.08 bits per heavy atom. The molecule has 25 heavy (non-hydrogen) atoms. The molecule has 6 nitrogen and oxygen atoms in total. The molecule has 0 fully saturated rings. The molecule has 2 aromatic rings. The van der Waals surface area contributed by atoms with E-state index in [1.54, 1.807) is 24.4 Å². The third kappa shape index (κ3) is 5.32. The summed E-state index contributed by atoms with van der Waals surface area (Å²) in [7, 11) is 1.80. The molecule has 2 heterocycles. The lowest BCUT2D eigenvalue weighted by Gasteiger charge is -2.29. The molecule has 136 valence electrons. The highest BCUT2D eigenvalue weighted by molar-refractivity contribution is 5.73. The molecule has 0 aliphatic carbocycles. The van der Waals surface area contributed by atoms with Crippen molar-refractivity contribution in [1.82, 2.24) is 20.1 Å². The third-order valence-electron chi connectivity index (χ3n) is 4.30. The number of amides is 2. The van der Waals surface area contributed by atoms with Gasteiger partial charge in [0.1, 0.15) is 5.76 Å². The van der Waals surface area contributed by atoms with E-state index in [-0.39, 0.29) is 12.1 Å². The molecule has 0 aliphatic rings. The Kier molecular flexibility index (Phi) is 7.01. The van der Waals surface area contributed by atoms with Crippen LogP contribution in [0.15, 0.2) is 41.1 Å². The molecule has 0 spiro atoms. The molecule has 2 rings (SSSR count). The van der Waals surface area contributed by atoms with Gasteiger partial charge in [-0.1, -0.05) is 13.8 Å². The fourth-order valence-corrected chi connectivity index (χ4v) is 2.92. The number of likely N-dealkylation sites (N-methyl/N-ethyl adjacent to an activating group) is 1. The zero-order chi connectivity index (χ0) is 18.2. The lowest BCUT2D eigenvalue weighted by molar-refractivity contribution is 0.176. The summed E-state index contributed by atoms with van der Waals surface area (Å²) >= 11 is 0. The molecule has 2 aromatic heterocycles. The Morgan fingerprint density at radius 1 is 1.32 bits per heavy atom. The second-order valence-electron chi connectivity index (χ2n) is 6.10. The van der Waals surface area contributed by atoms with E-state index in [4.69, 9.17) is 4.42 Å². The van der Waals surface area contributed by atoms with E-state index < -0.39 is 0 Å². The lowest BCUT2D eigenvalue weighted by Crippen LogP contribution is -2.42. The first-order valence-electron chi connectivity index (χ1n) is 8.73. The number of urea groups is 1. The monoisotopic (exact) mass is 344 g/mol. The first-order chi connectivity index (χ1) is 12.0. The summed E-state index contributed by atoms with van der Waals surface area (Å²) in [6.07, 6.45) is 3.44. The molecule has 1 N–H and O–H groups in total. The fraction of sp³-hybridized carbons (Fsp3) is 0.474. The Hall–Kier alpha value is -2.34. The van der Waals surface area contributed by atoms with Gasteiger partial charge < -0.3 is 14.6 Å². The standard InChI is InChI=1S/C19H28N4O2/c1-5-23(6-2)17(18-8-7-11-25-18)13-21-19(24)22(4)14-16-9-10-20-15(3)12-16/h7-12,17H,5-6,13-14H2,1-4H3,(H,21,24). The second kappa shape index (κ2) is 9.22. The normalized spacial score (nSPS) is 12.2. The molecular weight excluding hydrogens is 316 g/mol. The van der Waals surface area contributed by atoms with Crippen molar-refractivity contribution in [2.75, 3.05) is 26.7 Å². The van der Waals surface area contributed by atoms with Crippen LogP contribution in [0.5, 0.6) is 0 Å². The predicted molar refractivity (Wildman–Crippen MR) is 98.2 cm³/mol. The summed E-state index contributed by atoms with van der Waals surface area (Å²) in [6, 6.07) is 7.69. The van der Waals surface area contributed by atoms with Gasteiger partial charge in [-0.05, 0) is 49.8 Å². The summed E-state index contributed by atoms with van der Waals surface area (Å²) in [6.45, 7) is 9.01. The second-order valence-corrected chi connectivity index (χ2v) is 6.10. The van der Waals surface area contributed by atoms with Crippen molar-refractivity contribution in [3.63, 3.8) is 0 Å². The number of nitrogens with one attached hydrogen (secondary N) is 1. The fourth-order valence-electron chi connectivity index (χ4n) is 2.92. The maximum absolute atomic E-state index is 12.5. The van der Waals surface area contributed by atoms with E-state index >= 15 is 0 Å². The number of rotatable bonds is 8. The summed E-state index contributed by atoms with van der Waals surface area (Å²) in [5.41, 5.74) is 2.02. The van der Waals surface area contributed by atoms with E-state index in [2.05, 4.69) is 29.0 Å². The van der Waals surface area contributed by atoms with E-state index in [9.17, 15) is 4.79 Å². The molecule has 0 bridgehead atoms. The molecule has 0 aromatic carbocycles. The van der Waals surface area contributed by atoms with Crippen LogP contribution in [-0.4, -0.2) is 47.5 Å². The first kappa shape index (κ1) is 19.0. The zero-order valence-electron chi connectivity index (χ0n) is 15.5. The average Bonchev–Trinajstić information content (AvgIpc) is 3.12. The SMILES string of the molecule is CCN(CC)C(CNC(=O)N(C)Cc1ccnc(C)c1)c1ccco1. The minimum absolute atomic E-state index is 0.0329. The van der Waals surface area contributed by atoms with E-state index in [1.165, 1.54) is 0 Å². The number of pyridine rings is 1. The van der Waals surface area contributed by atoms with Crippen LogP contribution in [0.1, 0.15) is 36.9 Å². The van der Waals surface area contributed by atoms with Crippen molar-refractivity contribution in [1.29, 1.82) is 0 Å². The molecule has 6 heteroatoms. The quantitative estimate of drug-likeness (QED) is 0.799. The number of hydrogen-bond donors (Lipinski definition) is 1. The molecule has 1 atom stereocenters. The Balaban J connectivity index is 1.95. The van der Waals surface area contributed by atoms with Gasteiger partial charge >= 0.3 is 6.03 Å². The van der Waals surface area contributed by atoms with Crippen LogP contribution in [0.3, 0.4) is 0 Å². The number of carbonyl (C=O) groups is 1. The molecule has 0 saturated carbocycles. The number of carbonyl (C=O) groups excluding carboxylic acids is 1. The topological polar surface area (TPSA) is 61.6 Å².